The van der Waals surface area contributed by atoms with Gasteiger partial charge in [-0.05, 0) is 31.9 Å². The van der Waals surface area contributed by atoms with Gasteiger partial charge in [-0.3, -0.25) is 19.7 Å². The van der Waals surface area contributed by atoms with Crippen LogP contribution < -0.4 is 10.2 Å². The van der Waals surface area contributed by atoms with Gasteiger partial charge in [0.1, 0.15) is 18.1 Å². The molecule has 6 rings (SSSR count). The molecule has 0 aliphatic carbocycles. The number of Topliss-reactive ketones (excluding diaryl/α,β-unsaturated/α-hetero) is 1. The molecular formula is C21H19FN6O5. The monoisotopic (exact) mass is 454 g/mol. The maximum absolute atomic E-state index is 15.9. The lowest BCUT2D eigenvalue weighted by molar-refractivity contribution is -0.158. The first-order chi connectivity index (χ1) is 15.8. The van der Waals surface area contributed by atoms with Gasteiger partial charge < -0.3 is 14.2 Å². The molecule has 1 N–H and O–H groups in total. The van der Waals surface area contributed by atoms with E-state index in [0.29, 0.717) is 10.9 Å². The van der Waals surface area contributed by atoms with E-state index in [9.17, 15) is 14.4 Å². The number of fused-ring (bicyclic) bond motifs is 5. The zero-order valence-corrected chi connectivity index (χ0v) is 17.7. The lowest BCUT2D eigenvalue weighted by atomic mass is 9.63. The number of ketones is 1. The summed E-state index contributed by atoms with van der Waals surface area (Å²) in [4.78, 5) is 44.1. The zero-order valence-electron chi connectivity index (χ0n) is 17.7. The number of morpholine rings is 1. The molecule has 33 heavy (non-hydrogen) atoms. The van der Waals surface area contributed by atoms with Crippen molar-refractivity contribution in [3.8, 4) is 5.82 Å². The maximum atomic E-state index is 15.9. The highest BCUT2D eigenvalue weighted by atomic mass is 19.1. The first kappa shape index (κ1) is 20.0. The van der Waals surface area contributed by atoms with E-state index < -0.39 is 47.4 Å². The first-order valence-electron chi connectivity index (χ1n) is 10.6. The number of hydrogen-bond acceptors (Lipinski definition) is 9. The third kappa shape index (κ3) is 2.58. The normalized spacial score (nSPS) is 29.4. The van der Waals surface area contributed by atoms with Crippen molar-refractivity contribution in [2.75, 3.05) is 11.4 Å². The number of nitrogens with zero attached hydrogens (tertiary/aromatic N) is 5. The number of halogens is 1. The smallest absolute Gasteiger partial charge is 0.242 e. The van der Waals surface area contributed by atoms with Crippen molar-refractivity contribution in [1.82, 2.24) is 25.2 Å². The van der Waals surface area contributed by atoms with Crippen LogP contribution >= 0.6 is 0 Å². The van der Waals surface area contributed by atoms with Gasteiger partial charge in [0, 0.05) is 6.54 Å². The highest BCUT2D eigenvalue weighted by Gasteiger charge is 2.62. The number of carbonyl (C=O) groups excluding carboxylic acids is 3. The molecule has 170 valence electrons. The standard InChI is InChI=1S/C21H19FN6O5/c1-9-6-27-16-11(3-12-17(15(16)22)33-26-19(12)28-8-23-7-24-28)5-21(18(27)10(2)32-9)13(29)4-14(30)25-20(21)31/h3,7-10,18H,4-6H2,1-2H3,(H,25,30,31)/t9-,10-,18+,21?/m1/s1. The SMILES string of the molecule is C[C@@H]1CN2c3c(cc4c(-n5cncn5)noc4c3F)CC3(C(=O)CC(=O)NC3=O)[C@@H]2[C@@H](C)O1. The predicted octanol–water partition coefficient (Wildman–Crippen LogP) is 0.688. The third-order valence-corrected chi connectivity index (χ3v) is 6.79. The van der Waals surface area contributed by atoms with Crippen LogP contribution in [0.1, 0.15) is 25.8 Å². The number of amides is 2. The molecule has 2 fully saturated rings. The number of imide groups is 1. The average Bonchev–Trinajstić information content (AvgIpc) is 3.41. The van der Waals surface area contributed by atoms with Gasteiger partial charge in [0.2, 0.25) is 23.2 Å². The second-order valence-corrected chi connectivity index (χ2v) is 8.80. The number of benzene rings is 1. The van der Waals surface area contributed by atoms with Crippen molar-refractivity contribution >= 4 is 34.3 Å². The molecule has 1 aromatic carbocycles. The van der Waals surface area contributed by atoms with Crippen molar-refractivity contribution in [2.45, 2.75) is 44.9 Å². The van der Waals surface area contributed by atoms with E-state index in [1.54, 1.807) is 17.9 Å². The topological polar surface area (TPSA) is 132 Å². The Morgan fingerprint density at radius 1 is 1.27 bits per heavy atom. The Morgan fingerprint density at radius 3 is 2.82 bits per heavy atom. The molecule has 2 saturated heterocycles. The number of nitrogens with one attached hydrogen (secondary N) is 1. The number of hydrogen-bond donors (Lipinski definition) is 1. The van der Waals surface area contributed by atoms with Gasteiger partial charge in [-0.25, -0.2) is 9.37 Å². The van der Waals surface area contributed by atoms with E-state index in [1.807, 2.05) is 6.92 Å². The van der Waals surface area contributed by atoms with Gasteiger partial charge >= 0.3 is 0 Å². The summed E-state index contributed by atoms with van der Waals surface area (Å²) >= 11 is 0. The van der Waals surface area contributed by atoms with E-state index in [0.717, 1.165) is 0 Å². The molecular weight excluding hydrogens is 435 g/mol. The van der Waals surface area contributed by atoms with Gasteiger partial charge in [0.15, 0.2) is 11.6 Å². The van der Waals surface area contributed by atoms with Gasteiger partial charge in [0.25, 0.3) is 0 Å². The van der Waals surface area contributed by atoms with Crippen molar-refractivity contribution in [2.24, 2.45) is 5.41 Å². The molecule has 5 heterocycles. The van der Waals surface area contributed by atoms with Crippen molar-refractivity contribution < 1.29 is 28.0 Å². The summed E-state index contributed by atoms with van der Waals surface area (Å²) < 4.78 is 28.6. The van der Waals surface area contributed by atoms with Crippen molar-refractivity contribution in [3.05, 3.63) is 30.1 Å². The molecule has 0 saturated carbocycles. The lowest BCUT2D eigenvalue weighted by Gasteiger charge is -2.55. The van der Waals surface area contributed by atoms with Gasteiger partial charge in [0.05, 0.1) is 35.7 Å². The summed E-state index contributed by atoms with van der Waals surface area (Å²) in [6, 6.07) is 0.882. The van der Waals surface area contributed by atoms with Crippen LogP contribution in [0.4, 0.5) is 10.1 Å². The van der Waals surface area contributed by atoms with E-state index in [2.05, 4.69) is 20.6 Å². The first-order valence-corrected chi connectivity index (χ1v) is 10.6. The molecule has 2 aromatic heterocycles. The Balaban J connectivity index is 1.61. The summed E-state index contributed by atoms with van der Waals surface area (Å²) in [5.74, 6) is -2.22. The molecule has 3 aromatic rings. The van der Waals surface area contributed by atoms with Crippen LogP contribution in [-0.4, -0.2) is 62.3 Å². The molecule has 12 heteroatoms. The van der Waals surface area contributed by atoms with Crippen LogP contribution in [0.3, 0.4) is 0 Å². The highest BCUT2D eigenvalue weighted by Crippen LogP contribution is 2.50. The molecule has 4 atom stereocenters. The molecule has 0 bridgehead atoms. The molecule has 0 radical (unpaired) electrons. The lowest BCUT2D eigenvalue weighted by Crippen LogP contribution is -2.72. The minimum atomic E-state index is -1.59. The van der Waals surface area contributed by atoms with Crippen LogP contribution in [0, 0.1) is 11.2 Å². The van der Waals surface area contributed by atoms with Crippen LogP contribution in [0.25, 0.3) is 16.8 Å². The quantitative estimate of drug-likeness (QED) is 0.416. The fourth-order valence-corrected chi connectivity index (χ4v) is 5.62. The second kappa shape index (κ2) is 6.67. The number of piperidine rings is 1. The minimum Gasteiger partial charge on any atom is -0.372 e. The maximum Gasteiger partial charge on any atom is 0.242 e. The van der Waals surface area contributed by atoms with E-state index in [-0.39, 0.29) is 36.2 Å². The van der Waals surface area contributed by atoms with Crippen LogP contribution in [-0.2, 0) is 25.5 Å². The molecule has 3 aliphatic heterocycles. The number of carbonyl (C=O) groups is 3. The van der Waals surface area contributed by atoms with E-state index in [1.165, 1.54) is 17.3 Å². The van der Waals surface area contributed by atoms with Gasteiger partial charge in [-0.2, -0.15) is 9.78 Å². The molecule has 2 amide bonds. The largest absolute Gasteiger partial charge is 0.372 e. The summed E-state index contributed by atoms with van der Waals surface area (Å²) in [5, 5.41) is 10.6. The number of ether oxygens (including phenoxy) is 1. The summed E-state index contributed by atoms with van der Waals surface area (Å²) in [5.41, 5.74) is -0.959. The Hall–Kier alpha value is -3.67. The summed E-state index contributed by atoms with van der Waals surface area (Å²) in [7, 11) is 0. The van der Waals surface area contributed by atoms with E-state index in [4.69, 9.17) is 9.26 Å². The summed E-state index contributed by atoms with van der Waals surface area (Å²) in [6.45, 7) is 3.85. The Morgan fingerprint density at radius 2 is 2.09 bits per heavy atom. The van der Waals surface area contributed by atoms with E-state index >= 15 is 4.39 Å². The Labute approximate surface area is 185 Å². The highest BCUT2D eigenvalue weighted by molar-refractivity contribution is 6.22. The predicted molar refractivity (Wildman–Crippen MR) is 109 cm³/mol. The third-order valence-electron chi connectivity index (χ3n) is 6.79. The minimum absolute atomic E-state index is 0.0599. The fraction of sp³-hybridized carbons (Fsp3) is 0.429. The van der Waals surface area contributed by atoms with Crippen molar-refractivity contribution in [1.29, 1.82) is 0 Å². The average molecular weight is 454 g/mol. The van der Waals surface area contributed by atoms with Gasteiger partial charge in [-0.15, -0.1) is 0 Å². The van der Waals surface area contributed by atoms with Gasteiger partial charge in [-0.1, -0.05) is 5.16 Å². The number of anilines is 1. The van der Waals surface area contributed by atoms with Crippen molar-refractivity contribution in [3.63, 3.8) is 0 Å². The summed E-state index contributed by atoms with van der Waals surface area (Å²) in [6.07, 6.45) is 1.36. The van der Waals surface area contributed by atoms with Crippen LogP contribution in [0.2, 0.25) is 0 Å². The Kier molecular flexibility index (Phi) is 4.04. The molecule has 1 spiro atoms. The number of rotatable bonds is 1. The fourth-order valence-electron chi connectivity index (χ4n) is 5.62. The van der Waals surface area contributed by atoms with Crippen LogP contribution in [0.5, 0.6) is 0 Å². The number of aromatic nitrogens is 4. The van der Waals surface area contributed by atoms with Crippen LogP contribution in [0.15, 0.2) is 23.2 Å². The molecule has 1 unspecified atom stereocenters. The molecule has 11 nitrogen and oxygen atoms in total. The Bertz CT molecular complexity index is 1310. The molecule has 3 aliphatic rings. The zero-order chi connectivity index (χ0) is 23.1. The second-order valence-electron chi connectivity index (χ2n) is 8.80.